The molecule has 0 spiro atoms. The molecule has 1 aromatic rings. The van der Waals surface area contributed by atoms with Gasteiger partial charge in [-0.1, -0.05) is 12.1 Å². The minimum Gasteiger partial charge on any atom is -0.271 e. The van der Waals surface area contributed by atoms with E-state index >= 15 is 0 Å². The Morgan fingerprint density at radius 3 is 2.60 bits per heavy atom. The van der Waals surface area contributed by atoms with E-state index in [9.17, 15) is 4.39 Å². The van der Waals surface area contributed by atoms with Crippen molar-refractivity contribution in [3.63, 3.8) is 0 Å². The molecule has 3 heteroatoms. The van der Waals surface area contributed by atoms with Gasteiger partial charge in [-0.3, -0.25) is 11.3 Å². The van der Waals surface area contributed by atoms with E-state index in [1.165, 1.54) is 11.6 Å². The molecule has 0 amide bonds. The molecular weight excluding hydrogens is 191 g/mol. The van der Waals surface area contributed by atoms with Crippen LogP contribution < -0.4 is 11.3 Å². The third-order valence-corrected chi connectivity index (χ3v) is 4.18. The number of hydrogen-bond donors (Lipinski definition) is 2. The Bertz CT molecular complexity index is 408. The molecule has 0 unspecified atom stereocenters. The Kier molecular flexibility index (Phi) is 1.61. The van der Waals surface area contributed by atoms with Crippen LogP contribution in [-0.4, -0.2) is 5.54 Å². The lowest BCUT2D eigenvalue weighted by atomic mass is 9.37. The van der Waals surface area contributed by atoms with Gasteiger partial charge >= 0.3 is 0 Å². The molecule has 3 N–H and O–H groups in total. The number of benzene rings is 1. The van der Waals surface area contributed by atoms with Crippen molar-refractivity contribution in [2.75, 3.05) is 0 Å². The minimum atomic E-state index is -0.0908. The largest absolute Gasteiger partial charge is 0.271 e. The van der Waals surface area contributed by atoms with Crippen molar-refractivity contribution < 1.29 is 4.39 Å². The molecule has 80 valence electrons. The van der Waals surface area contributed by atoms with Crippen molar-refractivity contribution in [1.82, 2.24) is 5.43 Å². The van der Waals surface area contributed by atoms with Crippen LogP contribution in [0.4, 0.5) is 4.39 Å². The van der Waals surface area contributed by atoms with Gasteiger partial charge in [-0.15, -0.1) is 0 Å². The van der Waals surface area contributed by atoms with Crippen molar-refractivity contribution in [3.8, 4) is 0 Å². The SMILES string of the molecule is Cc1c(F)cccc1C12CC(NN)(C1)C2. The first-order valence-electron chi connectivity index (χ1n) is 5.34. The van der Waals surface area contributed by atoms with E-state index in [0.717, 1.165) is 24.8 Å². The van der Waals surface area contributed by atoms with Crippen LogP contribution in [0.3, 0.4) is 0 Å². The van der Waals surface area contributed by atoms with Crippen LogP contribution in [0.2, 0.25) is 0 Å². The Hall–Kier alpha value is -0.930. The molecule has 2 bridgehead atoms. The molecule has 2 nitrogen and oxygen atoms in total. The van der Waals surface area contributed by atoms with Gasteiger partial charge in [0.05, 0.1) is 0 Å². The zero-order chi connectivity index (χ0) is 10.7. The summed E-state index contributed by atoms with van der Waals surface area (Å²) in [4.78, 5) is 0. The van der Waals surface area contributed by atoms with E-state index in [4.69, 9.17) is 5.84 Å². The quantitative estimate of drug-likeness (QED) is 0.571. The van der Waals surface area contributed by atoms with Gasteiger partial charge in [0.15, 0.2) is 0 Å². The van der Waals surface area contributed by atoms with Gasteiger partial charge in [-0.05, 0) is 43.4 Å². The van der Waals surface area contributed by atoms with Crippen molar-refractivity contribution in [3.05, 3.63) is 35.1 Å². The molecule has 0 aromatic heterocycles. The van der Waals surface area contributed by atoms with Crippen LogP contribution in [-0.2, 0) is 5.41 Å². The monoisotopic (exact) mass is 206 g/mol. The maximum Gasteiger partial charge on any atom is 0.126 e. The second kappa shape index (κ2) is 2.60. The average Bonchev–Trinajstić information content (AvgIpc) is 2.08. The maximum absolute atomic E-state index is 13.4. The molecule has 3 aliphatic carbocycles. The zero-order valence-corrected chi connectivity index (χ0v) is 8.81. The summed E-state index contributed by atoms with van der Waals surface area (Å²) in [5, 5.41) is 0. The number of hydrogen-bond acceptors (Lipinski definition) is 2. The van der Waals surface area contributed by atoms with Crippen molar-refractivity contribution in [1.29, 1.82) is 0 Å². The van der Waals surface area contributed by atoms with Crippen LogP contribution >= 0.6 is 0 Å². The summed E-state index contributed by atoms with van der Waals surface area (Å²) in [6.45, 7) is 1.87. The smallest absolute Gasteiger partial charge is 0.126 e. The zero-order valence-electron chi connectivity index (χ0n) is 8.81. The lowest BCUT2D eigenvalue weighted by Crippen LogP contribution is -2.77. The molecule has 0 atom stereocenters. The third-order valence-electron chi connectivity index (χ3n) is 4.18. The van der Waals surface area contributed by atoms with Crippen LogP contribution in [0.15, 0.2) is 18.2 Å². The first-order valence-corrected chi connectivity index (χ1v) is 5.34. The Morgan fingerprint density at radius 2 is 2.00 bits per heavy atom. The summed E-state index contributed by atoms with van der Waals surface area (Å²) in [5.41, 5.74) is 5.25. The molecule has 0 saturated heterocycles. The Balaban J connectivity index is 1.94. The Labute approximate surface area is 88.6 Å². The van der Waals surface area contributed by atoms with E-state index < -0.39 is 0 Å². The van der Waals surface area contributed by atoms with E-state index in [1.807, 2.05) is 6.92 Å². The predicted molar refractivity (Wildman–Crippen MR) is 56.7 cm³/mol. The molecule has 4 rings (SSSR count). The second-order valence-electron chi connectivity index (χ2n) is 5.15. The highest BCUT2D eigenvalue weighted by molar-refractivity contribution is 5.45. The van der Waals surface area contributed by atoms with Crippen LogP contribution in [0.1, 0.15) is 30.4 Å². The van der Waals surface area contributed by atoms with Crippen molar-refractivity contribution in [2.24, 2.45) is 5.84 Å². The number of rotatable bonds is 2. The van der Waals surface area contributed by atoms with E-state index in [0.29, 0.717) is 0 Å². The summed E-state index contributed by atoms with van der Waals surface area (Å²) in [5.74, 6) is 5.40. The molecule has 0 heterocycles. The molecule has 3 aliphatic rings. The van der Waals surface area contributed by atoms with Gasteiger partial charge in [-0.25, -0.2) is 4.39 Å². The van der Waals surface area contributed by atoms with Crippen LogP contribution in [0.5, 0.6) is 0 Å². The molecule has 15 heavy (non-hydrogen) atoms. The summed E-state index contributed by atoms with van der Waals surface area (Å²) in [6, 6.07) is 5.39. The lowest BCUT2D eigenvalue weighted by Gasteiger charge is -2.71. The third kappa shape index (κ3) is 0.998. The molecular formula is C12H15FN2. The lowest BCUT2D eigenvalue weighted by molar-refractivity contribution is -0.0887. The fraction of sp³-hybridized carbons (Fsp3) is 0.500. The summed E-state index contributed by atoms with van der Waals surface area (Å²) in [6.07, 6.45) is 3.17. The predicted octanol–water partition coefficient (Wildman–Crippen LogP) is 1.77. The Morgan fingerprint density at radius 1 is 1.33 bits per heavy atom. The summed E-state index contributed by atoms with van der Waals surface area (Å²) in [7, 11) is 0. The summed E-state index contributed by atoms with van der Waals surface area (Å²) < 4.78 is 13.4. The van der Waals surface area contributed by atoms with Crippen molar-refractivity contribution >= 4 is 0 Å². The number of halogens is 1. The highest BCUT2D eigenvalue weighted by Crippen LogP contribution is 2.67. The molecule has 1 aromatic carbocycles. The molecule has 0 aliphatic heterocycles. The number of hydrazine groups is 1. The molecule has 0 radical (unpaired) electrons. The topological polar surface area (TPSA) is 38.0 Å². The standard InChI is InChI=1S/C12H15FN2/c1-8-9(3-2-4-10(8)13)11-5-12(6-11,7-11)15-14/h2-4,15H,5-7,14H2,1H3. The number of nitrogens with two attached hydrogens (primary N) is 1. The van der Waals surface area contributed by atoms with Gasteiger partial charge < -0.3 is 0 Å². The number of nitrogens with one attached hydrogen (secondary N) is 1. The fourth-order valence-corrected chi connectivity index (χ4v) is 3.41. The van der Waals surface area contributed by atoms with E-state index in [2.05, 4.69) is 11.5 Å². The van der Waals surface area contributed by atoms with Crippen molar-refractivity contribution in [2.45, 2.75) is 37.1 Å². The maximum atomic E-state index is 13.4. The summed E-state index contributed by atoms with van der Waals surface area (Å²) >= 11 is 0. The molecule has 3 saturated carbocycles. The first-order chi connectivity index (χ1) is 7.11. The highest BCUT2D eigenvalue weighted by Gasteiger charge is 2.68. The first kappa shape index (κ1) is 9.31. The minimum absolute atomic E-state index is 0.0908. The van der Waals surface area contributed by atoms with E-state index in [1.54, 1.807) is 6.07 Å². The van der Waals surface area contributed by atoms with E-state index in [-0.39, 0.29) is 16.8 Å². The van der Waals surface area contributed by atoms with Gasteiger partial charge in [0.25, 0.3) is 0 Å². The van der Waals surface area contributed by atoms with Gasteiger partial charge in [0.1, 0.15) is 5.82 Å². The molecule has 3 fully saturated rings. The van der Waals surface area contributed by atoms with Gasteiger partial charge in [0, 0.05) is 11.0 Å². The van der Waals surface area contributed by atoms with Crippen LogP contribution in [0, 0.1) is 12.7 Å². The normalized spacial score (nSPS) is 37.0. The highest BCUT2D eigenvalue weighted by atomic mass is 19.1. The fourth-order valence-electron chi connectivity index (χ4n) is 3.41. The van der Waals surface area contributed by atoms with Crippen LogP contribution in [0.25, 0.3) is 0 Å². The van der Waals surface area contributed by atoms with Gasteiger partial charge in [0.2, 0.25) is 0 Å². The second-order valence-corrected chi connectivity index (χ2v) is 5.15. The average molecular weight is 206 g/mol. The van der Waals surface area contributed by atoms with Gasteiger partial charge in [-0.2, -0.15) is 0 Å².